The summed E-state index contributed by atoms with van der Waals surface area (Å²) in [6.45, 7) is 9.89. The molecule has 0 N–H and O–H groups in total. The van der Waals surface area contributed by atoms with Crippen LogP contribution in [0.3, 0.4) is 0 Å². The normalized spacial score (nSPS) is 17.2. The highest BCUT2D eigenvalue weighted by Crippen LogP contribution is 2.40. The van der Waals surface area contributed by atoms with Crippen LogP contribution in [0.5, 0.6) is 0 Å². The molecule has 0 fully saturated rings. The Morgan fingerprint density at radius 2 is 1.71 bits per heavy atom. The van der Waals surface area contributed by atoms with E-state index in [1.54, 1.807) is 0 Å². The molecule has 0 saturated carbocycles. The maximum absolute atomic E-state index is 13.3. The van der Waals surface area contributed by atoms with Gasteiger partial charge in [0.2, 0.25) is 0 Å². The number of rotatable bonds is 11. The van der Waals surface area contributed by atoms with Gasteiger partial charge in [-0.05, 0) is 79.2 Å². The molecule has 3 atom stereocenters. The third-order valence-corrected chi connectivity index (χ3v) is 7.58. The molecule has 3 rings (SSSR count). The molecule has 0 spiro atoms. The molecular formula is C31H40O3. The largest absolute Gasteiger partial charge is 0.300 e. The Hall–Kier alpha value is -2.55. The molecule has 0 aliphatic heterocycles. The van der Waals surface area contributed by atoms with Crippen LogP contribution in [0.2, 0.25) is 0 Å². The molecule has 3 nitrogen and oxygen atoms in total. The number of carbonyl (C=O) groups excluding carboxylic acids is 3. The van der Waals surface area contributed by atoms with Gasteiger partial charge in [-0.3, -0.25) is 14.4 Å². The smallest absolute Gasteiger partial charge is 0.163 e. The Balaban J connectivity index is 1.91. The second-order valence-corrected chi connectivity index (χ2v) is 10.2. The van der Waals surface area contributed by atoms with E-state index in [9.17, 15) is 14.4 Å². The van der Waals surface area contributed by atoms with E-state index in [2.05, 4.69) is 50.2 Å². The van der Waals surface area contributed by atoms with Crippen LogP contribution in [0.4, 0.5) is 0 Å². The van der Waals surface area contributed by atoms with Gasteiger partial charge in [0.1, 0.15) is 11.6 Å². The van der Waals surface area contributed by atoms with Gasteiger partial charge in [-0.2, -0.15) is 0 Å². The van der Waals surface area contributed by atoms with E-state index in [1.807, 2.05) is 13.8 Å². The van der Waals surface area contributed by atoms with Crippen molar-refractivity contribution in [2.45, 2.75) is 86.0 Å². The van der Waals surface area contributed by atoms with E-state index in [4.69, 9.17) is 0 Å². The van der Waals surface area contributed by atoms with E-state index in [-0.39, 0.29) is 41.5 Å². The highest BCUT2D eigenvalue weighted by Gasteiger charge is 2.33. The van der Waals surface area contributed by atoms with Gasteiger partial charge in [0.15, 0.2) is 5.78 Å². The number of hydrogen-bond acceptors (Lipinski definition) is 3. The van der Waals surface area contributed by atoms with Crippen molar-refractivity contribution in [2.75, 3.05) is 0 Å². The lowest BCUT2D eigenvalue weighted by Crippen LogP contribution is -2.30. The van der Waals surface area contributed by atoms with Crippen molar-refractivity contribution >= 4 is 17.3 Å². The standard InChI is InChI=1S/C31H40O3/c1-6-9-25(26(8-3)29(33)16-21(5)32)17-23-18-28-27(24-13-11-22(7-2)12-14-24)15-10-20(4)31(28)30(34)19-23/h10-15,23,25-26H,6-9,16-19H2,1-5H3. The van der Waals surface area contributed by atoms with Crippen molar-refractivity contribution in [3.8, 4) is 11.1 Å². The maximum Gasteiger partial charge on any atom is 0.163 e. The molecule has 0 amide bonds. The lowest BCUT2D eigenvalue weighted by atomic mass is 9.71. The lowest BCUT2D eigenvalue weighted by molar-refractivity contribution is -0.129. The summed E-state index contributed by atoms with van der Waals surface area (Å²) in [5.74, 6) is 0.593. The fourth-order valence-corrected chi connectivity index (χ4v) is 5.93. The van der Waals surface area contributed by atoms with Crippen molar-refractivity contribution in [1.29, 1.82) is 0 Å². The maximum atomic E-state index is 13.3. The molecule has 0 radical (unpaired) electrons. The molecule has 2 aromatic carbocycles. The molecule has 182 valence electrons. The van der Waals surface area contributed by atoms with Gasteiger partial charge in [-0.15, -0.1) is 0 Å². The second kappa shape index (κ2) is 11.7. The fourth-order valence-electron chi connectivity index (χ4n) is 5.93. The zero-order valence-corrected chi connectivity index (χ0v) is 21.6. The highest BCUT2D eigenvalue weighted by atomic mass is 16.1. The average Bonchev–Trinajstić information content (AvgIpc) is 2.79. The third-order valence-electron chi connectivity index (χ3n) is 7.58. The van der Waals surface area contributed by atoms with Crippen molar-refractivity contribution in [2.24, 2.45) is 17.8 Å². The predicted molar refractivity (Wildman–Crippen MR) is 139 cm³/mol. The SMILES string of the molecule is CCCC(CC1CC(=O)c2c(C)ccc(-c3ccc(CC)cc3)c2C1)C(CC)C(=O)CC(C)=O. The summed E-state index contributed by atoms with van der Waals surface area (Å²) in [7, 11) is 0. The van der Waals surface area contributed by atoms with E-state index < -0.39 is 0 Å². The van der Waals surface area contributed by atoms with Crippen LogP contribution in [-0.2, 0) is 22.4 Å². The lowest BCUT2D eigenvalue weighted by Gasteiger charge is -2.32. The minimum Gasteiger partial charge on any atom is -0.300 e. The minimum atomic E-state index is -0.0982. The molecule has 3 unspecified atom stereocenters. The molecule has 2 aromatic rings. The molecular weight excluding hydrogens is 420 g/mol. The number of fused-ring (bicyclic) bond motifs is 1. The molecule has 0 aromatic heterocycles. The van der Waals surface area contributed by atoms with Crippen LogP contribution < -0.4 is 0 Å². The van der Waals surface area contributed by atoms with E-state index in [0.717, 1.165) is 60.8 Å². The number of carbonyl (C=O) groups is 3. The van der Waals surface area contributed by atoms with E-state index >= 15 is 0 Å². The number of benzene rings is 2. The predicted octanol–water partition coefficient (Wildman–Crippen LogP) is 7.35. The van der Waals surface area contributed by atoms with Crippen LogP contribution in [0.25, 0.3) is 11.1 Å². The average molecular weight is 461 g/mol. The van der Waals surface area contributed by atoms with Crippen LogP contribution >= 0.6 is 0 Å². The van der Waals surface area contributed by atoms with Crippen molar-refractivity contribution in [3.63, 3.8) is 0 Å². The second-order valence-electron chi connectivity index (χ2n) is 10.2. The minimum absolute atomic E-state index is 0.0300. The number of Topliss-reactive ketones (excluding diaryl/α,β-unsaturated/α-hetero) is 3. The topological polar surface area (TPSA) is 51.2 Å². The molecule has 1 aliphatic rings. The molecule has 34 heavy (non-hydrogen) atoms. The van der Waals surface area contributed by atoms with E-state index in [1.165, 1.54) is 18.1 Å². The Kier molecular flexibility index (Phi) is 8.99. The van der Waals surface area contributed by atoms with Crippen LogP contribution in [0, 0.1) is 24.7 Å². The van der Waals surface area contributed by atoms with Crippen LogP contribution in [-0.4, -0.2) is 17.3 Å². The Morgan fingerprint density at radius 1 is 1.00 bits per heavy atom. The molecule has 1 aliphatic carbocycles. The summed E-state index contributed by atoms with van der Waals surface area (Å²) in [6.07, 6.45) is 6.02. The summed E-state index contributed by atoms with van der Waals surface area (Å²) in [5, 5.41) is 0. The summed E-state index contributed by atoms with van der Waals surface area (Å²) in [5.41, 5.74) is 6.76. The number of hydrogen-bond donors (Lipinski definition) is 0. The zero-order chi connectivity index (χ0) is 24.8. The Morgan fingerprint density at radius 3 is 2.29 bits per heavy atom. The first-order valence-electron chi connectivity index (χ1n) is 13.1. The van der Waals surface area contributed by atoms with Gasteiger partial charge in [0, 0.05) is 17.9 Å². The first-order chi connectivity index (χ1) is 16.3. The van der Waals surface area contributed by atoms with Crippen molar-refractivity contribution in [1.82, 2.24) is 0 Å². The van der Waals surface area contributed by atoms with Gasteiger partial charge >= 0.3 is 0 Å². The van der Waals surface area contributed by atoms with Gasteiger partial charge in [-0.25, -0.2) is 0 Å². The summed E-state index contributed by atoms with van der Waals surface area (Å²) in [4.78, 5) is 37.8. The molecule has 0 heterocycles. The quantitative estimate of drug-likeness (QED) is 0.329. The summed E-state index contributed by atoms with van der Waals surface area (Å²) >= 11 is 0. The monoisotopic (exact) mass is 460 g/mol. The number of aryl methyl sites for hydroxylation is 2. The first kappa shape index (κ1) is 26.1. The molecule has 3 heteroatoms. The van der Waals surface area contributed by atoms with Crippen LogP contribution in [0.1, 0.15) is 93.3 Å². The summed E-state index contributed by atoms with van der Waals surface area (Å²) < 4.78 is 0. The Bertz CT molecular complexity index is 1030. The fraction of sp³-hybridized carbons (Fsp3) is 0.516. The van der Waals surface area contributed by atoms with Gasteiger partial charge in [0.25, 0.3) is 0 Å². The Labute approximate surface area is 205 Å². The van der Waals surface area contributed by atoms with Gasteiger partial charge in [0.05, 0.1) is 6.42 Å². The highest BCUT2D eigenvalue weighted by molar-refractivity contribution is 6.02. The number of ketones is 3. The zero-order valence-electron chi connectivity index (χ0n) is 21.6. The molecule has 0 saturated heterocycles. The van der Waals surface area contributed by atoms with Gasteiger partial charge in [-0.1, -0.05) is 70.0 Å². The first-order valence-corrected chi connectivity index (χ1v) is 13.1. The molecule has 0 bridgehead atoms. The van der Waals surface area contributed by atoms with Gasteiger partial charge < -0.3 is 0 Å². The van der Waals surface area contributed by atoms with Crippen LogP contribution in [0.15, 0.2) is 36.4 Å². The van der Waals surface area contributed by atoms with Crippen molar-refractivity contribution in [3.05, 3.63) is 58.7 Å². The third kappa shape index (κ3) is 5.92. The summed E-state index contributed by atoms with van der Waals surface area (Å²) in [6, 6.07) is 12.9. The van der Waals surface area contributed by atoms with Crippen molar-refractivity contribution < 1.29 is 14.4 Å². The van der Waals surface area contributed by atoms with E-state index in [0.29, 0.717) is 6.42 Å².